The van der Waals surface area contributed by atoms with Crippen molar-refractivity contribution in [2.45, 2.75) is 45.1 Å². The predicted octanol–water partition coefficient (Wildman–Crippen LogP) is 2.96. The lowest BCUT2D eigenvalue weighted by atomic mass is 9.81. The summed E-state index contributed by atoms with van der Waals surface area (Å²) in [4.78, 5) is 41.4. The van der Waals surface area contributed by atoms with Crippen LogP contribution < -0.4 is 21.9 Å². The molecule has 0 unspecified atom stereocenters. The molecule has 2 aromatic heterocycles. The number of rotatable bonds is 9. The number of anilines is 1. The van der Waals surface area contributed by atoms with Gasteiger partial charge in [-0.3, -0.25) is 14.4 Å². The quantitative estimate of drug-likeness (QED) is 0.212. The van der Waals surface area contributed by atoms with Gasteiger partial charge in [0, 0.05) is 40.9 Å². The number of hydrogen-bond donors (Lipinski definition) is 5. The first-order valence-corrected chi connectivity index (χ1v) is 13.8. The molecule has 1 aliphatic rings. The van der Waals surface area contributed by atoms with E-state index in [0.717, 1.165) is 53.6 Å². The first kappa shape index (κ1) is 27.9. The molecule has 0 bridgehead atoms. The molecule has 2 aromatic carbocycles. The summed E-state index contributed by atoms with van der Waals surface area (Å²) in [6.45, 7) is 2.49. The summed E-state index contributed by atoms with van der Waals surface area (Å²) >= 11 is 0. The van der Waals surface area contributed by atoms with E-state index in [9.17, 15) is 14.4 Å². The second-order valence-corrected chi connectivity index (χ2v) is 10.6. The first-order valence-electron chi connectivity index (χ1n) is 13.8. The third-order valence-corrected chi connectivity index (χ3v) is 7.73. The Bertz CT molecular complexity index is 1540. The largest absolute Gasteiger partial charge is 0.344 e. The van der Waals surface area contributed by atoms with Crippen LogP contribution >= 0.6 is 0 Å². The Morgan fingerprint density at radius 2 is 1.80 bits per heavy atom. The predicted molar refractivity (Wildman–Crippen MR) is 156 cm³/mol. The SMILES string of the molecule is Cc1[nH]c(=O)ccc1-c1cccc(C[C@H](NC(=O)C2CCC(CN)CC2)C(=O)Nc2ccc(-c3nn[nH]n3)cc2)c1. The van der Waals surface area contributed by atoms with Gasteiger partial charge in [-0.2, -0.15) is 5.21 Å². The van der Waals surface area contributed by atoms with Crippen LogP contribution in [0.2, 0.25) is 0 Å². The van der Waals surface area contributed by atoms with Gasteiger partial charge in [-0.25, -0.2) is 0 Å². The number of tetrazole rings is 1. The molecule has 1 fully saturated rings. The summed E-state index contributed by atoms with van der Waals surface area (Å²) in [5.41, 5.74) is 10.5. The van der Waals surface area contributed by atoms with Gasteiger partial charge < -0.3 is 21.4 Å². The fourth-order valence-electron chi connectivity index (χ4n) is 5.37. The summed E-state index contributed by atoms with van der Waals surface area (Å²) in [5, 5.41) is 19.9. The van der Waals surface area contributed by atoms with Crippen molar-refractivity contribution in [2.24, 2.45) is 17.6 Å². The van der Waals surface area contributed by atoms with E-state index in [1.54, 1.807) is 30.3 Å². The maximum Gasteiger partial charge on any atom is 0.248 e. The zero-order chi connectivity index (χ0) is 28.8. The maximum absolute atomic E-state index is 13.6. The van der Waals surface area contributed by atoms with Crippen molar-refractivity contribution in [1.29, 1.82) is 0 Å². The second kappa shape index (κ2) is 12.7. The van der Waals surface area contributed by atoms with Gasteiger partial charge in [0.2, 0.25) is 23.2 Å². The Balaban J connectivity index is 1.35. The fraction of sp³-hybridized carbons (Fsp3) is 0.333. The Morgan fingerprint density at radius 3 is 2.49 bits per heavy atom. The maximum atomic E-state index is 13.6. The van der Waals surface area contributed by atoms with E-state index in [2.05, 4.69) is 36.2 Å². The number of benzene rings is 2. The number of pyridine rings is 1. The molecule has 5 rings (SSSR count). The molecule has 0 aliphatic heterocycles. The van der Waals surface area contributed by atoms with E-state index in [1.807, 2.05) is 31.2 Å². The van der Waals surface area contributed by atoms with Crippen molar-refractivity contribution in [3.05, 3.63) is 82.3 Å². The molecule has 11 heteroatoms. The van der Waals surface area contributed by atoms with Crippen molar-refractivity contribution in [1.82, 2.24) is 30.9 Å². The van der Waals surface area contributed by atoms with Crippen molar-refractivity contribution >= 4 is 17.5 Å². The molecule has 0 radical (unpaired) electrons. The lowest BCUT2D eigenvalue weighted by Crippen LogP contribution is -2.48. The van der Waals surface area contributed by atoms with E-state index in [1.165, 1.54) is 6.07 Å². The fourth-order valence-corrected chi connectivity index (χ4v) is 5.37. The van der Waals surface area contributed by atoms with Gasteiger partial charge >= 0.3 is 0 Å². The molecule has 1 atom stereocenters. The van der Waals surface area contributed by atoms with Gasteiger partial charge in [0.25, 0.3) is 0 Å². The van der Waals surface area contributed by atoms with Crippen molar-refractivity contribution in [2.75, 3.05) is 11.9 Å². The van der Waals surface area contributed by atoms with Crippen LogP contribution in [0.5, 0.6) is 0 Å². The highest BCUT2D eigenvalue weighted by molar-refractivity contribution is 5.97. The Labute approximate surface area is 237 Å². The molecule has 6 N–H and O–H groups in total. The molecule has 2 heterocycles. The number of nitrogens with zero attached hydrogens (tertiary/aromatic N) is 3. The van der Waals surface area contributed by atoms with Gasteiger partial charge in [0.1, 0.15) is 6.04 Å². The number of aromatic amines is 2. The molecule has 2 amide bonds. The summed E-state index contributed by atoms with van der Waals surface area (Å²) < 4.78 is 0. The zero-order valence-electron chi connectivity index (χ0n) is 22.9. The van der Waals surface area contributed by atoms with Crippen LogP contribution in [0.15, 0.2) is 65.5 Å². The molecular weight excluding hydrogens is 520 g/mol. The minimum atomic E-state index is -0.793. The van der Waals surface area contributed by atoms with E-state index in [0.29, 0.717) is 30.4 Å². The van der Waals surface area contributed by atoms with Crippen molar-refractivity contribution in [3.8, 4) is 22.5 Å². The number of aromatic nitrogens is 5. The van der Waals surface area contributed by atoms with Crippen LogP contribution in [0.1, 0.15) is 36.9 Å². The van der Waals surface area contributed by atoms with Crippen LogP contribution in [0.4, 0.5) is 5.69 Å². The first-order chi connectivity index (χ1) is 19.9. The number of nitrogens with one attached hydrogen (secondary N) is 4. The summed E-state index contributed by atoms with van der Waals surface area (Å²) in [6.07, 6.45) is 3.66. The molecular formula is C30H34N8O3. The minimum Gasteiger partial charge on any atom is -0.344 e. The second-order valence-electron chi connectivity index (χ2n) is 10.6. The van der Waals surface area contributed by atoms with Gasteiger partial charge in [0.05, 0.1) is 0 Å². The number of nitrogens with two attached hydrogens (primary N) is 1. The van der Waals surface area contributed by atoms with Gasteiger partial charge in [0.15, 0.2) is 0 Å². The Morgan fingerprint density at radius 1 is 1.02 bits per heavy atom. The average molecular weight is 555 g/mol. The topological polar surface area (TPSA) is 172 Å². The molecule has 0 saturated heterocycles. The van der Waals surface area contributed by atoms with Crippen molar-refractivity contribution < 1.29 is 9.59 Å². The standard InChI is InChI=1S/C30H34N8O3/c1-18-25(13-14-27(39)32-18)23-4-2-3-20(15-23)16-26(34-29(40)22-7-5-19(17-31)6-8-22)30(41)33-24-11-9-21(10-12-24)28-35-37-38-36-28/h2-4,9-15,19,22,26H,5-8,16-17,31H2,1H3,(H,32,39)(H,33,41)(H,34,40)(H,35,36,37,38)/t19?,22?,26-/m0/s1. The number of H-pyrrole nitrogens is 2. The highest BCUT2D eigenvalue weighted by Crippen LogP contribution is 2.29. The third-order valence-electron chi connectivity index (χ3n) is 7.73. The van der Waals surface area contributed by atoms with Crippen LogP contribution in [-0.4, -0.2) is 50.0 Å². The zero-order valence-corrected chi connectivity index (χ0v) is 22.9. The number of carbonyl (C=O) groups excluding carboxylic acids is 2. The molecule has 4 aromatic rings. The summed E-state index contributed by atoms with van der Waals surface area (Å²) in [7, 11) is 0. The monoisotopic (exact) mass is 554 g/mol. The van der Waals surface area contributed by atoms with E-state index >= 15 is 0 Å². The van der Waals surface area contributed by atoms with Crippen molar-refractivity contribution in [3.63, 3.8) is 0 Å². The highest BCUT2D eigenvalue weighted by Gasteiger charge is 2.29. The van der Waals surface area contributed by atoms with Crippen LogP contribution in [0.3, 0.4) is 0 Å². The normalized spacial score (nSPS) is 17.5. The third kappa shape index (κ3) is 6.93. The van der Waals surface area contributed by atoms with Crippen LogP contribution in [-0.2, 0) is 16.0 Å². The number of amides is 2. The molecule has 1 aliphatic carbocycles. The highest BCUT2D eigenvalue weighted by atomic mass is 16.2. The smallest absolute Gasteiger partial charge is 0.248 e. The number of hydrogen-bond acceptors (Lipinski definition) is 7. The van der Waals surface area contributed by atoms with E-state index < -0.39 is 6.04 Å². The lowest BCUT2D eigenvalue weighted by Gasteiger charge is -2.28. The summed E-state index contributed by atoms with van der Waals surface area (Å²) in [5.74, 6) is 0.341. The Kier molecular flexibility index (Phi) is 8.64. The molecule has 1 saturated carbocycles. The summed E-state index contributed by atoms with van der Waals surface area (Å²) in [6, 6.07) is 17.4. The lowest BCUT2D eigenvalue weighted by molar-refractivity contribution is -0.130. The Hall–Kier alpha value is -4.64. The molecule has 41 heavy (non-hydrogen) atoms. The van der Waals surface area contributed by atoms with E-state index in [4.69, 9.17) is 5.73 Å². The van der Waals surface area contributed by atoms with Gasteiger partial charge in [-0.1, -0.05) is 24.3 Å². The van der Waals surface area contributed by atoms with E-state index in [-0.39, 0.29) is 23.3 Å². The minimum absolute atomic E-state index is 0.110. The van der Waals surface area contributed by atoms with Crippen LogP contribution in [0.25, 0.3) is 22.5 Å². The average Bonchev–Trinajstić information content (AvgIpc) is 3.52. The van der Waals surface area contributed by atoms with Crippen LogP contribution in [0, 0.1) is 18.8 Å². The molecule has 0 spiro atoms. The number of carbonyl (C=O) groups is 2. The molecule has 11 nitrogen and oxygen atoms in total. The number of aryl methyl sites for hydroxylation is 1. The van der Waals surface area contributed by atoms with Gasteiger partial charge in [-0.05, 0) is 91.7 Å². The van der Waals surface area contributed by atoms with Gasteiger partial charge in [-0.15, -0.1) is 10.2 Å². The molecule has 212 valence electrons.